The molecule has 1 aromatic carbocycles. The summed E-state index contributed by atoms with van der Waals surface area (Å²) in [6, 6.07) is 4.66. The monoisotopic (exact) mass is 265 g/mol. The van der Waals surface area contributed by atoms with Gasteiger partial charge in [0.05, 0.1) is 16.8 Å². The molecule has 4 heteroatoms. The van der Waals surface area contributed by atoms with Gasteiger partial charge in [-0.2, -0.15) is 0 Å². The molecule has 1 heterocycles. The summed E-state index contributed by atoms with van der Waals surface area (Å²) in [5.74, 6) is -0.235. The molecule has 0 saturated carbocycles. The minimum atomic E-state index is -0.476. The minimum absolute atomic E-state index is 0.235. The van der Waals surface area contributed by atoms with Gasteiger partial charge in [-0.05, 0) is 43.5 Å². The van der Waals surface area contributed by atoms with E-state index in [1.165, 1.54) is 12.1 Å². The van der Waals surface area contributed by atoms with Gasteiger partial charge < -0.3 is 5.11 Å². The highest BCUT2D eigenvalue weighted by atomic mass is 32.1. The number of hydrogen-bond acceptors (Lipinski definition) is 3. The van der Waals surface area contributed by atoms with E-state index >= 15 is 0 Å². The van der Waals surface area contributed by atoms with Crippen LogP contribution in [0.1, 0.15) is 21.8 Å². The molecule has 0 bridgehead atoms. The normalized spacial score (nSPS) is 12.7. The van der Waals surface area contributed by atoms with Crippen LogP contribution < -0.4 is 0 Å². The van der Waals surface area contributed by atoms with Gasteiger partial charge in [-0.15, -0.1) is 11.3 Å². The van der Waals surface area contributed by atoms with Gasteiger partial charge in [0.15, 0.2) is 0 Å². The van der Waals surface area contributed by atoms with E-state index in [1.807, 2.05) is 19.2 Å². The average Bonchev–Trinajstić information content (AvgIpc) is 2.68. The van der Waals surface area contributed by atoms with Gasteiger partial charge in [0.25, 0.3) is 0 Å². The maximum atomic E-state index is 13.0. The summed E-state index contributed by atoms with van der Waals surface area (Å²) in [6.07, 6.45) is 0.597. The molecule has 18 heavy (non-hydrogen) atoms. The van der Waals surface area contributed by atoms with Crippen molar-refractivity contribution in [2.45, 2.75) is 32.8 Å². The van der Waals surface area contributed by atoms with Crippen molar-refractivity contribution in [1.29, 1.82) is 0 Å². The lowest BCUT2D eigenvalue weighted by Gasteiger charge is -2.11. The highest BCUT2D eigenvalue weighted by Crippen LogP contribution is 2.15. The van der Waals surface area contributed by atoms with Gasteiger partial charge in [0.2, 0.25) is 0 Å². The number of halogens is 1. The van der Waals surface area contributed by atoms with Gasteiger partial charge in [-0.25, -0.2) is 9.37 Å². The molecule has 1 unspecified atom stereocenters. The summed E-state index contributed by atoms with van der Waals surface area (Å²) in [7, 11) is 0. The third-order valence-corrected chi connectivity index (χ3v) is 3.69. The van der Waals surface area contributed by atoms with E-state index in [9.17, 15) is 9.50 Å². The molecule has 0 fully saturated rings. The van der Waals surface area contributed by atoms with E-state index in [0.717, 1.165) is 21.8 Å². The Bertz CT molecular complexity index is 538. The van der Waals surface area contributed by atoms with Gasteiger partial charge in [0, 0.05) is 11.8 Å². The fourth-order valence-corrected chi connectivity index (χ4v) is 2.58. The predicted molar refractivity (Wildman–Crippen MR) is 71.4 cm³/mol. The molecule has 0 radical (unpaired) electrons. The Hall–Kier alpha value is -1.26. The molecule has 0 spiro atoms. The van der Waals surface area contributed by atoms with Crippen LogP contribution in [0.2, 0.25) is 0 Å². The molecule has 96 valence electrons. The first-order valence-corrected chi connectivity index (χ1v) is 6.76. The third-order valence-electron chi connectivity index (χ3n) is 2.87. The fraction of sp³-hybridized carbons (Fsp3) is 0.357. The standard InChI is InChI=1S/C14H16FNOS/c1-9-5-12(15)4-3-11(9)6-14(17)7-13-8-18-10(2)16-13/h3-5,8,14,17H,6-7H2,1-2H3. The Morgan fingerprint density at radius 1 is 1.33 bits per heavy atom. The van der Waals surface area contributed by atoms with E-state index in [2.05, 4.69) is 4.98 Å². The van der Waals surface area contributed by atoms with Crippen molar-refractivity contribution in [3.63, 3.8) is 0 Å². The number of nitrogens with zero attached hydrogens (tertiary/aromatic N) is 1. The van der Waals surface area contributed by atoms with Crippen LogP contribution in [0, 0.1) is 19.7 Å². The van der Waals surface area contributed by atoms with Crippen molar-refractivity contribution >= 4 is 11.3 Å². The summed E-state index contributed by atoms with van der Waals surface area (Å²) in [5, 5.41) is 13.0. The zero-order chi connectivity index (χ0) is 13.1. The molecule has 1 aromatic heterocycles. The van der Waals surface area contributed by atoms with Gasteiger partial charge in [-0.1, -0.05) is 6.07 Å². The molecular weight excluding hydrogens is 249 g/mol. The molecule has 0 aliphatic rings. The molecular formula is C14H16FNOS. The van der Waals surface area contributed by atoms with E-state index in [4.69, 9.17) is 0 Å². The number of aliphatic hydroxyl groups is 1. The Labute approximate surface area is 110 Å². The number of aryl methyl sites for hydroxylation is 2. The maximum Gasteiger partial charge on any atom is 0.123 e. The van der Waals surface area contributed by atoms with Crippen molar-refractivity contribution in [3.05, 3.63) is 51.2 Å². The zero-order valence-electron chi connectivity index (χ0n) is 10.5. The Morgan fingerprint density at radius 2 is 2.11 bits per heavy atom. The van der Waals surface area contributed by atoms with Crippen LogP contribution in [0.3, 0.4) is 0 Å². The summed E-state index contributed by atoms with van der Waals surface area (Å²) in [5.41, 5.74) is 2.78. The van der Waals surface area contributed by atoms with Gasteiger partial charge >= 0.3 is 0 Å². The van der Waals surface area contributed by atoms with Gasteiger partial charge in [0.1, 0.15) is 5.82 Å². The van der Waals surface area contributed by atoms with Crippen LogP contribution in [-0.4, -0.2) is 16.2 Å². The summed E-state index contributed by atoms with van der Waals surface area (Å²) < 4.78 is 13.0. The van der Waals surface area contributed by atoms with E-state index in [-0.39, 0.29) is 5.82 Å². The second kappa shape index (κ2) is 5.59. The summed E-state index contributed by atoms with van der Waals surface area (Å²) >= 11 is 1.59. The van der Waals surface area contributed by atoms with Crippen LogP contribution in [0.5, 0.6) is 0 Å². The third kappa shape index (κ3) is 3.37. The summed E-state index contributed by atoms with van der Waals surface area (Å²) in [4.78, 5) is 4.33. The molecule has 0 saturated heterocycles. The number of rotatable bonds is 4. The van der Waals surface area contributed by atoms with Gasteiger partial charge in [-0.3, -0.25) is 0 Å². The Morgan fingerprint density at radius 3 is 2.72 bits per heavy atom. The minimum Gasteiger partial charge on any atom is -0.392 e. The largest absolute Gasteiger partial charge is 0.392 e. The molecule has 2 aromatic rings. The fourth-order valence-electron chi connectivity index (χ4n) is 1.96. The van der Waals surface area contributed by atoms with Crippen LogP contribution >= 0.6 is 11.3 Å². The number of benzene rings is 1. The highest BCUT2D eigenvalue weighted by Gasteiger charge is 2.11. The van der Waals surface area contributed by atoms with Crippen molar-refractivity contribution in [3.8, 4) is 0 Å². The van der Waals surface area contributed by atoms with E-state index in [0.29, 0.717) is 12.8 Å². The molecule has 0 amide bonds. The first kappa shape index (κ1) is 13.2. The van der Waals surface area contributed by atoms with Crippen molar-refractivity contribution in [2.75, 3.05) is 0 Å². The zero-order valence-corrected chi connectivity index (χ0v) is 11.3. The lowest BCUT2D eigenvalue weighted by Crippen LogP contribution is -2.15. The van der Waals surface area contributed by atoms with Crippen LogP contribution in [0.15, 0.2) is 23.6 Å². The molecule has 1 N–H and O–H groups in total. The van der Waals surface area contributed by atoms with Crippen LogP contribution in [-0.2, 0) is 12.8 Å². The van der Waals surface area contributed by atoms with Crippen molar-refractivity contribution in [2.24, 2.45) is 0 Å². The molecule has 0 aliphatic heterocycles. The topological polar surface area (TPSA) is 33.1 Å². The van der Waals surface area contributed by atoms with E-state index < -0.39 is 6.10 Å². The number of aromatic nitrogens is 1. The van der Waals surface area contributed by atoms with Crippen LogP contribution in [0.25, 0.3) is 0 Å². The van der Waals surface area contributed by atoms with Crippen molar-refractivity contribution in [1.82, 2.24) is 4.98 Å². The second-order valence-electron chi connectivity index (χ2n) is 4.49. The first-order valence-electron chi connectivity index (χ1n) is 5.88. The summed E-state index contributed by atoms with van der Waals surface area (Å²) in [6.45, 7) is 3.81. The maximum absolute atomic E-state index is 13.0. The number of hydrogen-bond donors (Lipinski definition) is 1. The smallest absolute Gasteiger partial charge is 0.123 e. The average molecular weight is 265 g/mol. The van der Waals surface area contributed by atoms with E-state index in [1.54, 1.807) is 17.4 Å². The number of thiazole rings is 1. The second-order valence-corrected chi connectivity index (χ2v) is 5.55. The Kier molecular flexibility index (Phi) is 4.09. The molecule has 0 aliphatic carbocycles. The highest BCUT2D eigenvalue weighted by molar-refractivity contribution is 7.09. The lowest BCUT2D eigenvalue weighted by molar-refractivity contribution is 0.174. The number of aliphatic hydroxyl groups excluding tert-OH is 1. The molecule has 2 nitrogen and oxygen atoms in total. The SMILES string of the molecule is Cc1nc(CC(O)Cc2ccc(F)cc2C)cs1. The quantitative estimate of drug-likeness (QED) is 0.921. The lowest BCUT2D eigenvalue weighted by atomic mass is 10.0. The van der Waals surface area contributed by atoms with Crippen LogP contribution in [0.4, 0.5) is 4.39 Å². The predicted octanol–water partition coefficient (Wildman–Crippen LogP) is 3.05. The van der Waals surface area contributed by atoms with Crippen molar-refractivity contribution < 1.29 is 9.50 Å². The Balaban J connectivity index is 2.00. The first-order chi connectivity index (χ1) is 8.54. The molecule has 1 atom stereocenters. The molecule has 2 rings (SSSR count).